The van der Waals surface area contributed by atoms with Crippen molar-refractivity contribution in [3.8, 4) is 0 Å². The maximum Gasteiger partial charge on any atom is 0.0835 e. The molecule has 0 spiro atoms. The van der Waals surface area contributed by atoms with Crippen LogP contribution in [0.3, 0.4) is 0 Å². The molecule has 1 unspecified atom stereocenters. The third kappa shape index (κ3) is 2.86. The van der Waals surface area contributed by atoms with E-state index in [1.54, 1.807) is 6.20 Å². The van der Waals surface area contributed by atoms with E-state index in [4.69, 9.17) is 0 Å². The van der Waals surface area contributed by atoms with Crippen molar-refractivity contribution in [1.82, 2.24) is 4.98 Å². The Morgan fingerprint density at radius 3 is 2.59 bits per heavy atom. The van der Waals surface area contributed by atoms with E-state index in [2.05, 4.69) is 18.8 Å². The van der Waals surface area contributed by atoms with Crippen LogP contribution in [0.1, 0.15) is 56.8 Å². The van der Waals surface area contributed by atoms with Crippen LogP contribution >= 0.6 is 0 Å². The van der Waals surface area contributed by atoms with Gasteiger partial charge in [-0.2, -0.15) is 0 Å². The summed E-state index contributed by atoms with van der Waals surface area (Å²) in [5, 5.41) is 10.5. The third-order valence-corrected chi connectivity index (χ3v) is 4.23. The Labute approximate surface area is 104 Å². The number of rotatable bonds is 2. The van der Waals surface area contributed by atoms with Gasteiger partial charge in [-0.15, -0.1) is 0 Å². The summed E-state index contributed by atoms with van der Waals surface area (Å²) < 4.78 is 0. The van der Waals surface area contributed by atoms with Crippen molar-refractivity contribution in [2.75, 3.05) is 0 Å². The Balaban J connectivity index is 2.07. The van der Waals surface area contributed by atoms with Crippen molar-refractivity contribution in [1.29, 1.82) is 0 Å². The number of hydrogen-bond acceptors (Lipinski definition) is 2. The maximum atomic E-state index is 10.5. The highest BCUT2D eigenvalue weighted by molar-refractivity contribution is 5.24. The fourth-order valence-electron chi connectivity index (χ4n) is 2.78. The van der Waals surface area contributed by atoms with Gasteiger partial charge in [0, 0.05) is 18.0 Å². The second kappa shape index (κ2) is 4.77. The summed E-state index contributed by atoms with van der Waals surface area (Å²) in [5.41, 5.74) is 2.62. The van der Waals surface area contributed by atoms with E-state index in [1.165, 1.54) is 12.8 Å². The van der Waals surface area contributed by atoms with Gasteiger partial charge >= 0.3 is 0 Å². The minimum atomic E-state index is -0.334. The van der Waals surface area contributed by atoms with E-state index in [0.717, 1.165) is 24.0 Å². The zero-order valence-electron chi connectivity index (χ0n) is 11.1. The summed E-state index contributed by atoms with van der Waals surface area (Å²) in [4.78, 5) is 4.13. The molecule has 94 valence electrons. The predicted molar refractivity (Wildman–Crippen MR) is 69.7 cm³/mol. The second-order valence-corrected chi connectivity index (χ2v) is 6.18. The second-order valence-electron chi connectivity index (χ2n) is 6.18. The van der Waals surface area contributed by atoms with E-state index < -0.39 is 0 Å². The van der Waals surface area contributed by atoms with Crippen LogP contribution in [0, 0.1) is 18.3 Å². The lowest BCUT2D eigenvalue weighted by atomic mass is 9.71. The average Bonchev–Trinajstić information content (AvgIpc) is 2.29. The number of aromatic nitrogens is 1. The van der Waals surface area contributed by atoms with E-state index in [9.17, 15) is 5.11 Å². The number of nitrogens with zero attached hydrogens (tertiary/aromatic N) is 1. The SMILES string of the molecule is Cc1ccncc1C(O)C1CCC(C)(C)CC1. The fraction of sp³-hybridized carbons (Fsp3) is 0.667. The molecular weight excluding hydrogens is 210 g/mol. The zero-order valence-corrected chi connectivity index (χ0v) is 11.1. The Morgan fingerprint density at radius 2 is 2.00 bits per heavy atom. The molecule has 1 N–H and O–H groups in total. The molecule has 1 heterocycles. The number of pyridine rings is 1. The highest BCUT2D eigenvalue weighted by atomic mass is 16.3. The van der Waals surface area contributed by atoms with Gasteiger partial charge < -0.3 is 5.11 Å². The van der Waals surface area contributed by atoms with Crippen molar-refractivity contribution in [2.24, 2.45) is 11.3 Å². The molecule has 0 radical (unpaired) electrons. The van der Waals surface area contributed by atoms with Crippen molar-refractivity contribution >= 4 is 0 Å². The maximum absolute atomic E-state index is 10.5. The summed E-state index contributed by atoms with van der Waals surface area (Å²) in [6.07, 6.45) is 7.96. The molecule has 1 aromatic heterocycles. The van der Waals surface area contributed by atoms with Crippen LogP contribution in [-0.2, 0) is 0 Å². The van der Waals surface area contributed by atoms with Gasteiger partial charge in [-0.3, -0.25) is 4.98 Å². The first kappa shape index (κ1) is 12.6. The van der Waals surface area contributed by atoms with E-state index >= 15 is 0 Å². The highest BCUT2D eigenvalue weighted by Gasteiger charge is 2.31. The number of hydrogen-bond donors (Lipinski definition) is 1. The van der Waals surface area contributed by atoms with Crippen molar-refractivity contribution in [3.63, 3.8) is 0 Å². The molecule has 1 fully saturated rings. The topological polar surface area (TPSA) is 33.1 Å². The molecular formula is C15H23NO. The lowest BCUT2D eigenvalue weighted by Gasteiger charge is -2.36. The quantitative estimate of drug-likeness (QED) is 0.846. The minimum absolute atomic E-state index is 0.334. The molecule has 0 amide bonds. The van der Waals surface area contributed by atoms with Gasteiger partial charge in [0.05, 0.1) is 6.10 Å². The highest BCUT2D eigenvalue weighted by Crippen LogP contribution is 2.42. The monoisotopic (exact) mass is 233 g/mol. The van der Waals surface area contributed by atoms with Crippen LogP contribution in [-0.4, -0.2) is 10.1 Å². The molecule has 0 aromatic carbocycles. The molecule has 2 nitrogen and oxygen atoms in total. The summed E-state index contributed by atoms with van der Waals surface area (Å²) in [5.74, 6) is 0.408. The lowest BCUT2D eigenvalue weighted by Crippen LogP contribution is -2.25. The molecule has 1 aromatic rings. The van der Waals surface area contributed by atoms with Gasteiger partial charge in [-0.1, -0.05) is 13.8 Å². The minimum Gasteiger partial charge on any atom is -0.388 e. The molecule has 1 aliphatic carbocycles. The molecule has 0 saturated heterocycles. The smallest absolute Gasteiger partial charge is 0.0835 e. The first-order chi connectivity index (χ1) is 7.99. The number of aliphatic hydroxyl groups excluding tert-OH is 1. The summed E-state index contributed by atoms with van der Waals surface area (Å²) in [7, 11) is 0. The first-order valence-electron chi connectivity index (χ1n) is 6.58. The van der Waals surface area contributed by atoms with Crippen LogP contribution in [0.5, 0.6) is 0 Å². The van der Waals surface area contributed by atoms with Gasteiger partial charge in [-0.05, 0) is 55.6 Å². The van der Waals surface area contributed by atoms with Crippen LogP contribution in [0.15, 0.2) is 18.5 Å². The number of aliphatic hydroxyl groups is 1. The summed E-state index contributed by atoms with van der Waals surface area (Å²) in [6.45, 7) is 6.70. The standard InChI is InChI=1S/C15H23NO/c1-11-6-9-16-10-13(11)14(17)12-4-7-15(2,3)8-5-12/h6,9-10,12,14,17H,4-5,7-8H2,1-3H3. The molecule has 2 rings (SSSR count). The molecule has 2 heteroatoms. The molecule has 1 saturated carbocycles. The largest absolute Gasteiger partial charge is 0.388 e. The van der Waals surface area contributed by atoms with Crippen molar-refractivity contribution < 1.29 is 5.11 Å². The Kier molecular flexibility index (Phi) is 3.53. The molecule has 0 bridgehead atoms. The van der Waals surface area contributed by atoms with E-state index in [0.29, 0.717) is 11.3 Å². The van der Waals surface area contributed by atoms with Gasteiger partial charge in [-0.25, -0.2) is 0 Å². The average molecular weight is 233 g/mol. The fourth-order valence-corrected chi connectivity index (χ4v) is 2.78. The lowest BCUT2D eigenvalue weighted by molar-refractivity contribution is 0.0561. The van der Waals surface area contributed by atoms with Crippen LogP contribution < -0.4 is 0 Å². The van der Waals surface area contributed by atoms with Gasteiger partial charge in [0.25, 0.3) is 0 Å². The molecule has 1 aliphatic rings. The van der Waals surface area contributed by atoms with Crippen LogP contribution in [0.2, 0.25) is 0 Å². The van der Waals surface area contributed by atoms with Crippen LogP contribution in [0.25, 0.3) is 0 Å². The first-order valence-corrected chi connectivity index (χ1v) is 6.58. The van der Waals surface area contributed by atoms with E-state index in [-0.39, 0.29) is 6.10 Å². The molecule has 17 heavy (non-hydrogen) atoms. The summed E-state index contributed by atoms with van der Waals surface area (Å²) >= 11 is 0. The van der Waals surface area contributed by atoms with Gasteiger partial charge in [0.15, 0.2) is 0 Å². The van der Waals surface area contributed by atoms with Crippen LogP contribution in [0.4, 0.5) is 0 Å². The predicted octanol–water partition coefficient (Wildman–Crippen LogP) is 3.64. The van der Waals surface area contributed by atoms with Gasteiger partial charge in [0.1, 0.15) is 0 Å². The van der Waals surface area contributed by atoms with Gasteiger partial charge in [0.2, 0.25) is 0 Å². The zero-order chi connectivity index (χ0) is 12.5. The van der Waals surface area contributed by atoms with Crippen molar-refractivity contribution in [3.05, 3.63) is 29.6 Å². The Morgan fingerprint density at radius 1 is 1.35 bits per heavy atom. The molecule has 1 atom stereocenters. The Bertz CT molecular complexity index is 376. The third-order valence-electron chi connectivity index (χ3n) is 4.23. The normalized spacial score (nSPS) is 22.4. The summed E-state index contributed by atoms with van der Waals surface area (Å²) in [6, 6.07) is 1.98. The van der Waals surface area contributed by atoms with Crippen molar-refractivity contribution in [2.45, 2.75) is 52.6 Å². The van der Waals surface area contributed by atoms with E-state index in [1.807, 2.05) is 19.2 Å². The Hall–Kier alpha value is -0.890. The molecule has 0 aliphatic heterocycles. The number of aryl methyl sites for hydroxylation is 1.